The van der Waals surface area contributed by atoms with E-state index in [0.29, 0.717) is 0 Å². The molecular formula is C23H20BrFO5. The van der Waals surface area contributed by atoms with E-state index in [1.807, 2.05) is 36.4 Å². The number of carbonyl (C=O) groups is 3. The van der Waals surface area contributed by atoms with E-state index >= 15 is 0 Å². The zero-order valence-corrected chi connectivity index (χ0v) is 17.5. The molecule has 0 saturated heterocycles. The van der Waals surface area contributed by atoms with Crippen LogP contribution in [0.3, 0.4) is 0 Å². The monoisotopic (exact) mass is 474 g/mol. The first-order chi connectivity index (χ1) is 14.5. The van der Waals surface area contributed by atoms with Crippen LogP contribution in [0.25, 0.3) is 12.2 Å². The first-order valence-corrected chi connectivity index (χ1v) is 9.98. The fraction of sp³-hybridized carbons (Fsp3) is 0.174. The fourth-order valence-electron chi connectivity index (χ4n) is 2.35. The highest BCUT2D eigenvalue weighted by Gasteiger charge is 2.32. The maximum Gasteiger partial charge on any atom is 0.331 e. The van der Waals surface area contributed by atoms with Crippen LogP contribution in [-0.2, 0) is 23.9 Å². The number of esters is 2. The average Bonchev–Trinajstić information content (AvgIpc) is 2.79. The fourth-order valence-corrected chi connectivity index (χ4v) is 2.88. The minimum Gasteiger partial charge on any atom is -0.461 e. The van der Waals surface area contributed by atoms with E-state index in [4.69, 9.17) is 9.47 Å². The number of carbonyl (C=O) groups excluding carboxylic acids is 3. The van der Waals surface area contributed by atoms with Gasteiger partial charge in [0.2, 0.25) is 0 Å². The van der Waals surface area contributed by atoms with Gasteiger partial charge in [-0.25, -0.2) is 14.0 Å². The summed E-state index contributed by atoms with van der Waals surface area (Å²) in [5.41, 5.74) is 1.57. The maximum absolute atomic E-state index is 14.0. The molecule has 0 aliphatic carbocycles. The molecule has 3 atom stereocenters. The number of hydrogen-bond acceptors (Lipinski definition) is 5. The molecule has 2 aromatic carbocycles. The van der Waals surface area contributed by atoms with Crippen LogP contribution < -0.4 is 0 Å². The molecule has 156 valence electrons. The van der Waals surface area contributed by atoms with Crippen molar-refractivity contribution in [3.05, 3.63) is 83.9 Å². The minimum absolute atomic E-state index is 0.0320. The van der Waals surface area contributed by atoms with Crippen LogP contribution in [0, 0.1) is 0 Å². The molecule has 0 aliphatic heterocycles. The lowest BCUT2D eigenvalue weighted by Gasteiger charge is -2.22. The Kier molecular flexibility index (Phi) is 9.67. The highest BCUT2D eigenvalue weighted by Crippen LogP contribution is 2.17. The molecule has 2 rings (SSSR count). The number of benzene rings is 2. The molecule has 2 aromatic rings. The van der Waals surface area contributed by atoms with Gasteiger partial charge in [-0.3, -0.25) is 4.79 Å². The second-order valence-electron chi connectivity index (χ2n) is 6.12. The van der Waals surface area contributed by atoms with Crippen LogP contribution in [0.1, 0.15) is 11.1 Å². The molecule has 30 heavy (non-hydrogen) atoms. The van der Waals surface area contributed by atoms with Gasteiger partial charge < -0.3 is 9.47 Å². The van der Waals surface area contributed by atoms with E-state index in [2.05, 4.69) is 15.9 Å². The quantitative estimate of drug-likeness (QED) is 0.223. The Morgan fingerprint density at radius 3 is 1.90 bits per heavy atom. The SMILES string of the molecule is O=C[C@@H](F)[C@H](OC(=O)/C=C/c1ccccc1)[C@@H](Br)COC(=O)/C=C/c1ccccc1. The second-order valence-corrected chi connectivity index (χ2v) is 7.29. The molecule has 0 unspecified atom stereocenters. The van der Waals surface area contributed by atoms with Gasteiger partial charge in [0.25, 0.3) is 0 Å². The van der Waals surface area contributed by atoms with E-state index in [0.717, 1.165) is 17.2 Å². The van der Waals surface area contributed by atoms with Crippen LogP contribution >= 0.6 is 15.9 Å². The Hall–Kier alpha value is -3.06. The van der Waals surface area contributed by atoms with E-state index in [9.17, 15) is 18.8 Å². The zero-order valence-electron chi connectivity index (χ0n) is 15.9. The third kappa shape index (κ3) is 8.13. The summed E-state index contributed by atoms with van der Waals surface area (Å²) in [6.07, 6.45) is 1.93. The van der Waals surface area contributed by atoms with Gasteiger partial charge in [0.1, 0.15) is 6.61 Å². The minimum atomic E-state index is -2.08. The summed E-state index contributed by atoms with van der Waals surface area (Å²) in [5, 5.41) is 0. The molecule has 0 radical (unpaired) electrons. The number of rotatable bonds is 10. The highest BCUT2D eigenvalue weighted by atomic mass is 79.9. The van der Waals surface area contributed by atoms with Gasteiger partial charge in [-0.15, -0.1) is 0 Å². The lowest BCUT2D eigenvalue weighted by molar-refractivity contribution is -0.148. The molecule has 0 fully saturated rings. The number of hydrogen-bond donors (Lipinski definition) is 0. The van der Waals surface area contributed by atoms with Crippen molar-refractivity contribution in [2.75, 3.05) is 6.61 Å². The smallest absolute Gasteiger partial charge is 0.331 e. The molecule has 5 nitrogen and oxygen atoms in total. The van der Waals surface area contributed by atoms with Gasteiger partial charge >= 0.3 is 11.9 Å². The summed E-state index contributed by atoms with van der Waals surface area (Å²) < 4.78 is 24.1. The standard InChI is InChI=1S/C23H20BrFO5/c24-19(16-29-21(27)13-11-17-7-3-1-4-8-17)23(20(25)15-26)30-22(28)14-12-18-9-5-2-6-10-18/h1-15,19-20,23H,16H2/b13-11+,14-12+/t19-,20+,23+/m0/s1. The number of halogens is 2. The normalized spacial score (nSPS) is 14.2. The average molecular weight is 475 g/mol. The van der Waals surface area contributed by atoms with Crippen LogP contribution in [0.15, 0.2) is 72.8 Å². The van der Waals surface area contributed by atoms with Gasteiger partial charge in [0.15, 0.2) is 18.6 Å². The van der Waals surface area contributed by atoms with Crippen molar-refractivity contribution in [3.8, 4) is 0 Å². The summed E-state index contributed by atoms with van der Waals surface area (Å²) in [4.78, 5) is 33.8. The van der Waals surface area contributed by atoms with Crippen LogP contribution in [0.4, 0.5) is 4.39 Å². The second kappa shape index (κ2) is 12.5. The molecule has 0 saturated carbocycles. The topological polar surface area (TPSA) is 69.7 Å². The lowest BCUT2D eigenvalue weighted by Crippen LogP contribution is -2.39. The summed E-state index contributed by atoms with van der Waals surface area (Å²) in [5.74, 6) is -1.48. The van der Waals surface area contributed by atoms with Crippen molar-refractivity contribution in [3.63, 3.8) is 0 Å². The van der Waals surface area contributed by atoms with Crippen molar-refractivity contribution in [1.82, 2.24) is 0 Å². The number of aldehydes is 1. The molecule has 0 spiro atoms. The van der Waals surface area contributed by atoms with E-state index < -0.39 is 29.0 Å². The van der Waals surface area contributed by atoms with Crippen LogP contribution in [0.5, 0.6) is 0 Å². The van der Waals surface area contributed by atoms with Gasteiger partial charge in [0, 0.05) is 12.2 Å². The maximum atomic E-state index is 14.0. The molecule has 0 aromatic heterocycles. The van der Waals surface area contributed by atoms with Gasteiger partial charge in [-0.2, -0.15) is 0 Å². The van der Waals surface area contributed by atoms with Crippen LogP contribution in [0.2, 0.25) is 0 Å². The molecule has 0 N–H and O–H groups in total. The molecule has 0 heterocycles. The van der Waals surface area contributed by atoms with Gasteiger partial charge in [-0.1, -0.05) is 76.6 Å². The Balaban J connectivity index is 1.91. The molecule has 0 aliphatic rings. The van der Waals surface area contributed by atoms with Crippen molar-refractivity contribution in [1.29, 1.82) is 0 Å². The summed E-state index contributed by atoms with van der Waals surface area (Å²) in [6.45, 7) is -0.299. The Morgan fingerprint density at radius 1 is 0.900 bits per heavy atom. The molecular weight excluding hydrogens is 455 g/mol. The van der Waals surface area contributed by atoms with E-state index in [1.165, 1.54) is 12.2 Å². The Morgan fingerprint density at radius 2 is 1.40 bits per heavy atom. The lowest BCUT2D eigenvalue weighted by atomic mass is 10.1. The third-order valence-corrected chi connectivity index (χ3v) is 4.65. The molecule has 0 amide bonds. The Labute approximate surface area is 182 Å². The molecule has 7 heteroatoms. The predicted octanol–water partition coefficient (Wildman–Crippen LogP) is 4.17. The van der Waals surface area contributed by atoms with E-state index in [1.54, 1.807) is 30.3 Å². The van der Waals surface area contributed by atoms with Crippen molar-refractivity contribution >= 4 is 46.3 Å². The summed E-state index contributed by atoms with van der Waals surface area (Å²) >= 11 is 3.13. The summed E-state index contributed by atoms with van der Waals surface area (Å²) in [6, 6.07) is 18.1. The number of ether oxygens (including phenoxy) is 2. The van der Waals surface area contributed by atoms with E-state index in [-0.39, 0.29) is 12.9 Å². The first-order valence-electron chi connectivity index (χ1n) is 9.06. The van der Waals surface area contributed by atoms with Crippen LogP contribution in [-0.4, -0.2) is 41.9 Å². The van der Waals surface area contributed by atoms with Crippen molar-refractivity contribution in [2.45, 2.75) is 17.1 Å². The largest absolute Gasteiger partial charge is 0.461 e. The zero-order chi connectivity index (χ0) is 21.8. The number of alkyl halides is 2. The third-order valence-electron chi connectivity index (χ3n) is 3.86. The van der Waals surface area contributed by atoms with Crippen molar-refractivity contribution in [2.24, 2.45) is 0 Å². The van der Waals surface area contributed by atoms with Gasteiger partial charge in [0.05, 0.1) is 4.83 Å². The predicted molar refractivity (Wildman–Crippen MR) is 115 cm³/mol. The van der Waals surface area contributed by atoms with Crippen molar-refractivity contribution < 1.29 is 28.2 Å². The summed E-state index contributed by atoms with van der Waals surface area (Å²) in [7, 11) is 0. The van der Waals surface area contributed by atoms with Gasteiger partial charge in [-0.05, 0) is 23.3 Å². The highest BCUT2D eigenvalue weighted by molar-refractivity contribution is 9.09. The molecule has 0 bridgehead atoms. The first kappa shape index (κ1) is 23.2. The Bertz CT molecular complexity index is 883.